The van der Waals surface area contributed by atoms with Crippen molar-refractivity contribution in [3.8, 4) is 0 Å². The predicted octanol–water partition coefficient (Wildman–Crippen LogP) is 2.64. The third kappa shape index (κ3) is 3.97. The molecule has 2 N–H and O–H groups in total. The highest BCUT2D eigenvalue weighted by atomic mass is 16.4. The highest BCUT2D eigenvalue weighted by Crippen LogP contribution is 2.24. The third-order valence-electron chi connectivity index (χ3n) is 3.92. The van der Waals surface area contributed by atoms with Gasteiger partial charge in [0.05, 0.1) is 12.5 Å². The normalized spacial score (nSPS) is 22.9. The molecule has 0 radical (unpaired) electrons. The summed E-state index contributed by atoms with van der Waals surface area (Å²) >= 11 is 0. The number of hydrogen-bond donors (Lipinski definition) is 2. The fourth-order valence-electron chi connectivity index (χ4n) is 2.93. The summed E-state index contributed by atoms with van der Waals surface area (Å²) < 4.78 is 0. The Morgan fingerprint density at radius 1 is 1.33 bits per heavy atom. The first kappa shape index (κ1) is 15.4. The van der Waals surface area contributed by atoms with E-state index in [-0.39, 0.29) is 18.5 Å². The molecule has 1 aliphatic rings. The second-order valence-electron chi connectivity index (χ2n) is 5.85. The molecule has 0 bridgehead atoms. The van der Waals surface area contributed by atoms with Gasteiger partial charge in [-0.05, 0) is 24.8 Å². The number of amides is 2. The van der Waals surface area contributed by atoms with Crippen LogP contribution in [0.25, 0.3) is 0 Å². The van der Waals surface area contributed by atoms with Crippen molar-refractivity contribution in [3.05, 3.63) is 35.9 Å². The molecule has 3 unspecified atom stereocenters. The van der Waals surface area contributed by atoms with Crippen molar-refractivity contribution in [3.63, 3.8) is 0 Å². The SMILES string of the molecule is CC1CC(C)N(C(=O)NC(CC(=O)O)c2ccccc2)C1. The zero-order valence-electron chi connectivity index (χ0n) is 12.5. The summed E-state index contributed by atoms with van der Waals surface area (Å²) in [6.07, 6.45) is 0.871. The molecule has 0 aromatic heterocycles. The molecular formula is C16H22N2O3. The van der Waals surface area contributed by atoms with Gasteiger partial charge in [0.15, 0.2) is 0 Å². The largest absolute Gasteiger partial charge is 0.481 e. The lowest BCUT2D eigenvalue weighted by molar-refractivity contribution is -0.137. The third-order valence-corrected chi connectivity index (χ3v) is 3.92. The fourth-order valence-corrected chi connectivity index (χ4v) is 2.93. The Hall–Kier alpha value is -2.04. The first-order chi connectivity index (χ1) is 9.97. The van der Waals surface area contributed by atoms with Crippen LogP contribution in [-0.4, -0.2) is 34.6 Å². The molecular weight excluding hydrogens is 268 g/mol. The van der Waals surface area contributed by atoms with Crippen LogP contribution in [0.5, 0.6) is 0 Å². The fraction of sp³-hybridized carbons (Fsp3) is 0.500. The smallest absolute Gasteiger partial charge is 0.318 e. The van der Waals surface area contributed by atoms with E-state index in [1.165, 1.54) is 0 Å². The van der Waals surface area contributed by atoms with E-state index in [2.05, 4.69) is 12.2 Å². The van der Waals surface area contributed by atoms with E-state index >= 15 is 0 Å². The van der Waals surface area contributed by atoms with Crippen LogP contribution in [0, 0.1) is 5.92 Å². The minimum Gasteiger partial charge on any atom is -0.481 e. The molecule has 3 atom stereocenters. The number of likely N-dealkylation sites (tertiary alicyclic amines) is 1. The number of benzene rings is 1. The topological polar surface area (TPSA) is 69.6 Å². The summed E-state index contributed by atoms with van der Waals surface area (Å²) in [7, 11) is 0. The van der Waals surface area contributed by atoms with Gasteiger partial charge < -0.3 is 15.3 Å². The summed E-state index contributed by atoms with van der Waals surface area (Å²) in [5.41, 5.74) is 0.813. The van der Waals surface area contributed by atoms with E-state index < -0.39 is 12.0 Å². The van der Waals surface area contributed by atoms with Crippen LogP contribution in [0.3, 0.4) is 0 Å². The Labute approximate surface area is 125 Å². The molecule has 1 aliphatic heterocycles. The maximum absolute atomic E-state index is 12.4. The number of carboxylic acid groups (broad SMARTS) is 1. The van der Waals surface area contributed by atoms with E-state index in [1.807, 2.05) is 37.3 Å². The number of carbonyl (C=O) groups excluding carboxylic acids is 1. The van der Waals surface area contributed by atoms with Gasteiger partial charge in [0.1, 0.15) is 0 Å². The van der Waals surface area contributed by atoms with Crippen molar-refractivity contribution in [2.75, 3.05) is 6.54 Å². The number of carbonyl (C=O) groups is 2. The quantitative estimate of drug-likeness (QED) is 0.895. The Bertz CT molecular complexity index is 504. The average Bonchev–Trinajstić information content (AvgIpc) is 2.77. The number of urea groups is 1. The zero-order valence-corrected chi connectivity index (χ0v) is 12.5. The summed E-state index contributed by atoms with van der Waals surface area (Å²) in [5.74, 6) is -0.438. The number of aliphatic carboxylic acids is 1. The zero-order chi connectivity index (χ0) is 15.4. The van der Waals surface area contributed by atoms with Gasteiger partial charge in [-0.15, -0.1) is 0 Å². The Morgan fingerprint density at radius 2 is 2.00 bits per heavy atom. The summed E-state index contributed by atoms with van der Waals surface area (Å²) in [4.78, 5) is 25.2. The minimum absolute atomic E-state index is 0.118. The summed E-state index contributed by atoms with van der Waals surface area (Å²) in [6.45, 7) is 4.87. The van der Waals surface area contributed by atoms with Crippen molar-refractivity contribution in [1.29, 1.82) is 0 Å². The molecule has 114 valence electrons. The van der Waals surface area contributed by atoms with Crippen LogP contribution >= 0.6 is 0 Å². The van der Waals surface area contributed by atoms with Crippen molar-refractivity contribution >= 4 is 12.0 Å². The second kappa shape index (κ2) is 6.61. The Morgan fingerprint density at radius 3 is 2.52 bits per heavy atom. The van der Waals surface area contributed by atoms with Crippen molar-refractivity contribution in [1.82, 2.24) is 10.2 Å². The number of hydrogen-bond acceptors (Lipinski definition) is 2. The van der Waals surface area contributed by atoms with Crippen LogP contribution in [0.2, 0.25) is 0 Å². The van der Waals surface area contributed by atoms with Crippen LogP contribution in [-0.2, 0) is 4.79 Å². The first-order valence-electron chi connectivity index (χ1n) is 7.31. The molecule has 1 fully saturated rings. The van der Waals surface area contributed by atoms with Crippen molar-refractivity contribution in [2.45, 2.75) is 38.8 Å². The van der Waals surface area contributed by atoms with Gasteiger partial charge in [0.25, 0.3) is 0 Å². The molecule has 1 heterocycles. The molecule has 1 aromatic carbocycles. The van der Waals surface area contributed by atoms with Gasteiger partial charge in [-0.2, -0.15) is 0 Å². The first-order valence-corrected chi connectivity index (χ1v) is 7.31. The van der Waals surface area contributed by atoms with E-state index in [0.29, 0.717) is 5.92 Å². The minimum atomic E-state index is -0.924. The molecule has 0 aliphatic carbocycles. The summed E-state index contributed by atoms with van der Waals surface area (Å²) in [6, 6.07) is 8.75. The molecule has 5 heteroatoms. The highest BCUT2D eigenvalue weighted by molar-refractivity contribution is 5.77. The van der Waals surface area contributed by atoms with Crippen LogP contribution in [0.1, 0.15) is 38.3 Å². The molecule has 2 amide bonds. The number of rotatable bonds is 4. The molecule has 0 saturated carbocycles. The van der Waals surface area contributed by atoms with E-state index in [9.17, 15) is 9.59 Å². The lowest BCUT2D eigenvalue weighted by Gasteiger charge is -2.25. The number of nitrogens with one attached hydrogen (secondary N) is 1. The van der Waals surface area contributed by atoms with E-state index in [0.717, 1.165) is 18.5 Å². The monoisotopic (exact) mass is 290 g/mol. The molecule has 1 saturated heterocycles. The Kier molecular flexibility index (Phi) is 4.83. The average molecular weight is 290 g/mol. The lowest BCUT2D eigenvalue weighted by Crippen LogP contribution is -2.43. The highest BCUT2D eigenvalue weighted by Gasteiger charge is 2.31. The van der Waals surface area contributed by atoms with Crippen molar-refractivity contribution < 1.29 is 14.7 Å². The number of nitrogens with zero attached hydrogens (tertiary/aromatic N) is 1. The Balaban J connectivity index is 2.08. The number of carboxylic acids is 1. The maximum atomic E-state index is 12.4. The molecule has 2 rings (SSSR count). The van der Waals surface area contributed by atoms with Gasteiger partial charge in [0, 0.05) is 12.6 Å². The lowest BCUT2D eigenvalue weighted by atomic mass is 10.0. The van der Waals surface area contributed by atoms with Crippen LogP contribution in [0.4, 0.5) is 4.79 Å². The molecule has 0 spiro atoms. The van der Waals surface area contributed by atoms with E-state index in [4.69, 9.17) is 5.11 Å². The van der Waals surface area contributed by atoms with Crippen molar-refractivity contribution in [2.24, 2.45) is 5.92 Å². The maximum Gasteiger partial charge on any atom is 0.318 e. The molecule has 1 aromatic rings. The van der Waals surface area contributed by atoms with Gasteiger partial charge in [-0.3, -0.25) is 4.79 Å². The van der Waals surface area contributed by atoms with Gasteiger partial charge in [-0.1, -0.05) is 37.3 Å². The standard InChI is InChI=1S/C16H22N2O3/c1-11-8-12(2)18(10-11)16(21)17-14(9-15(19)20)13-6-4-3-5-7-13/h3-7,11-12,14H,8-10H2,1-2H3,(H,17,21)(H,19,20). The van der Waals surface area contributed by atoms with Gasteiger partial charge >= 0.3 is 12.0 Å². The van der Waals surface area contributed by atoms with Gasteiger partial charge in [-0.25, -0.2) is 4.79 Å². The molecule has 21 heavy (non-hydrogen) atoms. The van der Waals surface area contributed by atoms with Crippen LogP contribution < -0.4 is 5.32 Å². The van der Waals surface area contributed by atoms with Crippen LogP contribution in [0.15, 0.2) is 30.3 Å². The molecule has 5 nitrogen and oxygen atoms in total. The second-order valence-corrected chi connectivity index (χ2v) is 5.85. The predicted molar refractivity (Wildman–Crippen MR) is 79.9 cm³/mol. The van der Waals surface area contributed by atoms with Gasteiger partial charge in [0.2, 0.25) is 0 Å². The summed E-state index contributed by atoms with van der Waals surface area (Å²) in [5, 5.41) is 11.9. The van der Waals surface area contributed by atoms with E-state index in [1.54, 1.807) is 4.90 Å².